The largest absolute Gasteiger partial charge is 0.324 e. The van der Waals surface area contributed by atoms with Crippen molar-refractivity contribution >= 4 is 11.3 Å². The zero-order valence-corrected chi connectivity index (χ0v) is 9.63. The van der Waals surface area contributed by atoms with Crippen molar-refractivity contribution < 1.29 is 0 Å². The number of nitrogens with two attached hydrogens (primary N) is 1. The van der Waals surface area contributed by atoms with Crippen LogP contribution < -0.4 is 5.73 Å². The van der Waals surface area contributed by atoms with Crippen LogP contribution in [0.25, 0.3) is 0 Å². The summed E-state index contributed by atoms with van der Waals surface area (Å²) in [4.78, 5) is 0. The number of thiophene rings is 1. The summed E-state index contributed by atoms with van der Waals surface area (Å²) in [5.74, 6) is 0. The predicted molar refractivity (Wildman–Crippen MR) is 66.1 cm³/mol. The van der Waals surface area contributed by atoms with Crippen LogP contribution in [0.15, 0.2) is 41.1 Å². The van der Waals surface area contributed by atoms with E-state index in [1.165, 1.54) is 16.7 Å². The van der Waals surface area contributed by atoms with Gasteiger partial charge in [-0.3, -0.25) is 0 Å². The van der Waals surface area contributed by atoms with Crippen molar-refractivity contribution in [2.45, 2.75) is 19.4 Å². The molecule has 2 N–H and O–H groups in total. The Labute approximate surface area is 94.6 Å². The van der Waals surface area contributed by atoms with Crippen LogP contribution in [0.3, 0.4) is 0 Å². The Bertz CT molecular complexity index is 420. The van der Waals surface area contributed by atoms with E-state index in [9.17, 15) is 0 Å². The lowest BCUT2D eigenvalue weighted by Crippen LogP contribution is -2.12. The molecule has 0 aliphatic heterocycles. The normalized spacial score (nSPS) is 12.7. The molecule has 15 heavy (non-hydrogen) atoms. The van der Waals surface area contributed by atoms with Gasteiger partial charge in [-0.2, -0.15) is 11.3 Å². The summed E-state index contributed by atoms with van der Waals surface area (Å²) in [7, 11) is 0. The van der Waals surface area contributed by atoms with Crippen LogP contribution in [0.1, 0.15) is 22.7 Å². The van der Waals surface area contributed by atoms with Crippen molar-refractivity contribution in [2.75, 3.05) is 0 Å². The van der Waals surface area contributed by atoms with Crippen molar-refractivity contribution in [3.05, 3.63) is 57.8 Å². The summed E-state index contributed by atoms with van der Waals surface area (Å²) in [6, 6.07) is 10.7. The highest BCUT2D eigenvalue weighted by molar-refractivity contribution is 7.07. The van der Waals surface area contributed by atoms with Crippen LogP contribution in [-0.4, -0.2) is 0 Å². The number of aryl methyl sites for hydroxylation is 1. The third-order valence-corrected chi connectivity index (χ3v) is 3.24. The maximum Gasteiger partial charge on any atom is 0.0336 e. The first kappa shape index (κ1) is 10.4. The van der Waals surface area contributed by atoms with Crippen molar-refractivity contribution in [3.8, 4) is 0 Å². The Morgan fingerprint density at radius 2 is 2.20 bits per heavy atom. The molecule has 1 nitrogen and oxygen atoms in total. The Kier molecular flexibility index (Phi) is 3.19. The second-order valence-corrected chi connectivity index (χ2v) is 4.64. The van der Waals surface area contributed by atoms with E-state index in [-0.39, 0.29) is 6.04 Å². The van der Waals surface area contributed by atoms with Gasteiger partial charge < -0.3 is 5.73 Å². The van der Waals surface area contributed by atoms with Gasteiger partial charge in [-0.25, -0.2) is 0 Å². The van der Waals surface area contributed by atoms with E-state index >= 15 is 0 Å². The molecule has 0 saturated carbocycles. The topological polar surface area (TPSA) is 26.0 Å². The summed E-state index contributed by atoms with van der Waals surface area (Å²) >= 11 is 1.72. The molecule has 1 atom stereocenters. The van der Waals surface area contributed by atoms with Gasteiger partial charge in [-0.05, 0) is 41.3 Å². The molecule has 1 heterocycles. The molecule has 0 aliphatic carbocycles. The summed E-state index contributed by atoms with van der Waals surface area (Å²) < 4.78 is 0. The van der Waals surface area contributed by atoms with Crippen LogP contribution in [-0.2, 0) is 6.42 Å². The molecule has 0 radical (unpaired) electrons. The minimum Gasteiger partial charge on any atom is -0.324 e. The molecule has 2 heteroatoms. The van der Waals surface area contributed by atoms with Crippen molar-refractivity contribution in [3.63, 3.8) is 0 Å². The second kappa shape index (κ2) is 4.60. The van der Waals surface area contributed by atoms with Gasteiger partial charge in [-0.15, -0.1) is 0 Å². The first-order chi connectivity index (χ1) is 7.25. The van der Waals surface area contributed by atoms with Crippen molar-refractivity contribution in [2.24, 2.45) is 5.73 Å². The second-order valence-electron chi connectivity index (χ2n) is 3.86. The molecule has 0 unspecified atom stereocenters. The van der Waals surface area contributed by atoms with Gasteiger partial charge >= 0.3 is 0 Å². The van der Waals surface area contributed by atoms with Crippen LogP contribution >= 0.6 is 11.3 Å². The number of hydrogen-bond donors (Lipinski definition) is 1. The van der Waals surface area contributed by atoms with E-state index < -0.39 is 0 Å². The molecule has 2 rings (SSSR count). The highest BCUT2D eigenvalue weighted by atomic mass is 32.1. The Morgan fingerprint density at radius 3 is 2.87 bits per heavy atom. The zero-order chi connectivity index (χ0) is 10.7. The smallest absolute Gasteiger partial charge is 0.0336 e. The zero-order valence-electron chi connectivity index (χ0n) is 8.81. The van der Waals surface area contributed by atoms with Gasteiger partial charge in [0.1, 0.15) is 0 Å². The van der Waals surface area contributed by atoms with E-state index in [0.29, 0.717) is 0 Å². The third-order valence-electron chi connectivity index (χ3n) is 2.51. The highest BCUT2D eigenvalue weighted by Gasteiger charge is 2.06. The highest BCUT2D eigenvalue weighted by Crippen LogP contribution is 2.18. The standard InChI is InChI=1S/C13H15NS/c1-10-3-2-4-12(7-10)13(14)8-11-5-6-15-9-11/h2-7,9,13H,8,14H2,1H3/t13-/m0/s1. The van der Waals surface area contributed by atoms with E-state index in [4.69, 9.17) is 5.73 Å². The molecular formula is C13H15NS. The minimum absolute atomic E-state index is 0.111. The Morgan fingerprint density at radius 1 is 1.33 bits per heavy atom. The lowest BCUT2D eigenvalue weighted by atomic mass is 10.00. The van der Waals surface area contributed by atoms with E-state index in [0.717, 1.165) is 6.42 Å². The van der Waals surface area contributed by atoms with Gasteiger partial charge in [0, 0.05) is 6.04 Å². The average molecular weight is 217 g/mol. The van der Waals surface area contributed by atoms with E-state index in [1.807, 2.05) is 0 Å². The van der Waals surface area contributed by atoms with Crippen LogP contribution in [0, 0.1) is 6.92 Å². The minimum atomic E-state index is 0.111. The lowest BCUT2D eigenvalue weighted by molar-refractivity contribution is 0.723. The summed E-state index contributed by atoms with van der Waals surface area (Å²) in [6.45, 7) is 2.10. The molecule has 2 aromatic rings. The quantitative estimate of drug-likeness (QED) is 0.838. The van der Waals surface area contributed by atoms with E-state index in [2.05, 4.69) is 48.0 Å². The maximum absolute atomic E-state index is 6.16. The molecule has 1 aromatic carbocycles. The molecule has 78 valence electrons. The molecule has 0 aliphatic rings. The first-order valence-corrected chi connectivity index (χ1v) is 6.03. The molecular weight excluding hydrogens is 202 g/mol. The predicted octanol–water partition coefficient (Wildman–Crippen LogP) is 3.30. The molecule has 0 amide bonds. The Hall–Kier alpha value is -1.12. The average Bonchev–Trinajstić information content (AvgIpc) is 2.70. The van der Waals surface area contributed by atoms with Gasteiger partial charge in [-0.1, -0.05) is 29.8 Å². The number of hydrogen-bond acceptors (Lipinski definition) is 2. The van der Waals surface area contributed by atoms with Gasteiger partial charge in [0.2, 0.25) is 0 Å². The fourth-order valence-electron chi connectivity index (χ4n) is 1.68. The molecule has 1 aromatic heterocycles. The van der Waals surface area contributed by atoms with Crippen LogP contribution in [0.4, 0.5) is 0 Å². The third kappa shape index (κ3) is 2.67. The molecule has 0 saturated heterocycles. The fourth-order valence-corrected chi connectivity index (χ4v) is 2.36. The first-order valence-electron chi connectivity index (χ1n) is 5.09. The number of benzene rings is 1. The van der Waals surface area contributed by atoms with Gasteiger partial charge in [0.05, 0.1) is 0 Å². The van der Waals surface area contributed by atoms with E-state index in [1.54, 1.807) is 11.3 Å². The molecule has 0 spiro atoms. The summed E-state index contributed by atoms with van der Waals surface area (Å²) in [5.41, 5.74) is 9.98. The summed E-state index contributed by atoms with van der Waals surface area (Å²) in [5, 5.41) is 4.26. The SMILES string of the molecule is Cc1cccc([C@@H](N)Cc2ccsc2)c1. The van der Waals surface area contributed by atoms with Crippen molar-refractivity contribution in [1.82, 2.24) is 0 Å². The summed E-state index contributed by atoms with van der Waals surface area (Å²) in [6.07, 6.45) is 0.924. The van der Waals surface area contributed by atoms with Crippen LogP contribution in [0.2, 0.25) is 0 Å². The monoisotopic (exact) mass is 217 g/mol. The van der Waals surface area contributed by atoms with Gasteiger partial charge in [0.25, 0.3) is 0 Å². The maximum atomic E-state index is 6.16. The fraction of sp³-hybridized carbons (Fsp3) is 0.231. The lowest BCUT2D eigenvalue weighted by Gasteiger charge is -2.11. The van der Waals surface area contributed by atoms with Crippen molar-refractivity contribution in [1.29, 1.82) is 0 Å². The van der Waals surface area contributed by atoms with Gasteiger partial charge in [0.15, 0.2) is 0 Å². The molecule has 0 fully saturated rings. The number of rotatable bonds is 3. The molecule has 0 bridgehead atoms. The van der Waals surface area contributed by atoms with Crippen LogP contribution in [0.5, 0.6) is 0 Å². The Balaban J connectivity index is 2.11.